The lowest BCUT2D eigenvalue weighted by atomic mass is 9.67. The Labute approximate surface area is 113 Å². The Morgan fingerprint density at radius 3 is 3.32 bits per heavy atom. The van der Waals surface area contributed by atoms with Crippen molar-refractivity contribution in [3.8, 4) is 0 Å². The average Bonchev–Trinajstić information content (AvgIpc) is 3.02. The van der Waals surface area contributed by atoms with E-state index >= 15 is 0 Å². The molecular formula is C14H22N4O. The van der Waals surface area contributed by atoms with E-state index in [4.69, 9.17) is 0 Å². The van der Waals surface area contributed by atoms with E-state index in [1.807, 2.05) is 17.8 Å². The molecule has 0 aromatic carbocycles. The van der Waals surface area contributed by atoms with Gasteiger partial charge in [0.15, 0.2) is 0 Å². The lowest BCUT2D eigenvalue weighted by molar-refractivity contribution is -0.134. The number of carbonyl (C=O) groups is 1. The Balaban J connectivity index is 1.67. The van der Waals surface area contributed by atoms with Crippen LogP contribution in [0.4, 0.5) is 0 Å². The summed E-state index contributed by atoms with van der Waals surface area (Å²) in [5.41, 5.74) is 0.889. The second kappa shape index (κ2) is 4.96. The summed E-state index contributed by atoms with van der Waals surface area (Å²) >= 11 is 0. The molecule has 0 bridgehead atoms. The predicted octanol–water partition coefficient (Wildman–Crippen LogP) is 0.816. The summed E-state index contributed by atoms with van der Waals surface area (Å²) in [6.45, 7) is 2.41. The number of fused-ring (bicyclic) bond motifs is 1. The maximum Gasteiger partial charge on any atom is 0.228 e. The van der Waals surface area contributed by atoms with Crippen molar-refractivity contribution in [1.29, 1.82) is 0 Å². The molecule has 0 radical (unpaired) electrons. The first-order valence-electron chi connectivity index (χ1n) is 7.18. The minimum atomic E-state index is -0.156. The van der Waals surface area contributed by atoms with Gasteiger partial charge in [-0.1, -0.05) is 12.8 Å². The van der Waals surface area contributed by atoms with Crippen LogP contribution in [0.15, 0.2) is 12.3 Å². The van der Waals surface area contributed by atoms with Crippen molar-refractivity contribution >= 4 is 5.91 Å². The number of nitrogens with zero attached hydrogens (tertiary/aromatic N) is 2. The molecule has 19 heavy (non-hydrogen) atoms. The third-order valence-electron chi connectivity index (χ3n) is 4.84. The van der Waals surface area contributed by atoms with Gasteiger partial charge in [-0.3, -0.25) is 9.48 Å². The third kappa shape index (κ3) is 2.16. The molecule has 3 rings (SSSR count). The number of nitrogens with one attached hydrogen (secondary N) is 2. The molecule has 1 aromatic rings. The summed E-state index contributed by atoms with van der Waals surface area (Å²) in [4.78, 5) is 12.6. The molecule has 0 spiro atoms. The van der Waals surface area contributed by atoms with Gasteiger partial charge in [-0.25, -0.2) is 0 Å². The minimum absolute atomic E-state index is 0.156. The molecule has 5 nitrogen and oxygen atoms in total. The standard InChI is InChI=1S/C14H22N4O/c1-18-12(5-7-17-18)9-16-13(19)14-6-3-2-4-11(14)8-15-10-14/h5,7,11,15H,2-4,6,8-10H2,1H3,(H,16,19)/t11-,14+/m0/s1. The zero-order valence-electron chi connectivity index (χ0n) is 11.5. The Hall–Kier alpha value is -1.36. The van der Waals surface area contributed by atoms with Crippen LogP contribution < -0.4 is 10.6 Å². The molecule has 2 heterocycles. The van der Waals surface area contributed by atoms with Crippen LogP contribution in [0.3, 0.4) is 0 Å². The molecule has 1 aliphatic carbocycles. The number of amides is 1. The summed E-state index contributed by atoms with van der Waals surface area (Å²) in [6.07, 6.45) is 6.43. The Kier molecular flexibility index (Phi) is 3.31. The number of hydrogen-bond acceptors (Lipinski definition) is 3. The van der Waals surface area contributed by atoms with Gasteiger partial charge in [0.05, 0.1) is 17.7 Å². The molecule has 1 saturated carbocycles. The van der Waals surface area contributed by atoms with Crippen LogP contribution in [0.5, 0.6) is 0 Å². The van der Waals surface area contributed by atoms with E-state index in [1.54, 1.807) is 6.20 Å². The maximum atomic E-state index is 12.6. The van der Waals surface area contributed by atoms with E-state index in [9.17, 15) is 4.79 Å². The van der Waals surface area contributed by atoms with Crippen molar-refractivity contribution in [2.75, 3.05) is 13.1 Å². The highest BCUT2D eigenvalue weighted by Crippen LogP contribution is 2.43. The monoisotopic (exact) mass is 262 g/mol. The number of rotatable bonds is 3. The van der Waals surface area contributed by atoms with Gasteiger partial charge in [-0.2, -0.15) is 5.10 Å². The van der Waals surface area contributed by atoms with Gasteiger partial charge in [0.25, 0.3) is 0 Å². The lowest BCUT2D eigenvalue weighted by Crippen LogP contribution is -2.47. The average molecular weight is 262 g/mol. The molecule has 2 atom stereocenters. The number of aromatic nitrogens is 2. The molecule has 0 unspecified atom stereocenters. The Bertz CT molecular complexity index is 470. The van der Waals surface area contributed by atoms with Gasteiger partial charge in [-0.15, -0.1) is 0 Å². The molecule has 2 aliphatic rings. The van der Waals surface area contributed by atoms with Crippen LogP contribution in [-0.2, 0) is 18.4 Å². The summed E-state index contributed by atoms with van der Waals surface area (Å²) in [5, 5.41) is 10.7. The largest absolute Gasteiger partial charge is 0.350 e. The molecule has 2 N–H and O–H groups in total. The van der Waals surface area contributed by atoms with Gasteiger partial charge in [-0.05, 0) is 31.4 Å². The number of carbonyl (C=O) groups excluding carboxylic acids is 1. The molecule has 1 saturated heterocycles. The van der Waals surface area contributed by atoms with Crippen LogP contribution in [0.1, 0.15) is 31.4 Å². The normalized spacial score (nSPS) is 30.1. The van der Waals surface area contributed by atoms with Crippen LogP contribution in [0, 0.1) is 11.3 Å². The third-order valence-corrected chi connectivity index (χ3v) is 4.84. The number of hydrogen-bond donors (Lipinski definition) is 2. The summed E-state index contributed by atoms with van der Waals surface area (Å²) < 4.78 is 1.81. The van der Waals surface area contributed by atoms with Gasteiger partial charge < -0.3 is 10.6 Å². The molecule has 104 valence electrons. The first-order chi connectivity index (χ1) is 9.22. The van der Waals surface area contributed by atoms with Crippen LogP contribution in [-0.4, -0.2) is 28.8 Å². The van der Waals surface area contributed by atoms with E-state index in [0.29, 0.717) is 12.5 Å². The molecular weight excluding hydrogens is 240 g/mol. The minimum Gasteiger partial charge on any atom is -0.350 e. The van der Waals surface area contributed by atoms with Crippen molar-refractivity contribution < 1.29 is 4.79 Å². The predicted molar refractivity (Wildman–Crippen MR) is 72.3 cm³/mol. The van der Waals surface area contributed by atoms with E-state index in [0.717, 1.165) is 25.2 Å². The fraction of sp³-hybridized carbons (Fsp3) is 0.714. The van der Waals surface area contributed by atoms with E-state index in [2.05, 4.69) is 15.7 Å². The quantitative estimate of drug-likeness (QED) is 0.848. The van der Waals surface area contributed by atoms with Crippen LogP contribution in [0.2, 0.25) is 0 Å². The summed E-state index contributed by atoms with van der Waals surface area (Å²) in [6, 6.07) is 1.95. The smallest absolute Gasteiger partial charge is 0.228 e. The lowest BCUT2D eigenvalue weighted by Gasteiger charge is -2.37. The fourth-order valence-corrected chi connectivity index (χ4v) is 3.61. The SMILES string of the molecule is Cn1nccc1CNC(=O)[C@@]12CCCC[C@H]1CNC2. The van der Waals surface area contributed by atoms with Gasteiger partial charge in [0.1, 0.15) is 0 Å². The first kappa shape index (κ1) is 12.7. The van der Waals surface area contributed by atoms with Gasteiger partial charge in [0.2, 0.25) is 5.91 Å². The van der Waals surface area contributed by atoms with Gasteiger partial charge >= 0.3 is 0 Å². The fourth-order valence-electron chi connectivity index (χ4n) is 3.61. The topological polar surface area (TPSA) is 59.0 Å². The maximum absolute atomic E-state index is 12.6. The van der Waals surface area contributed by atoms with Crippen molar-refractivity contribution in [1.82, 2.24) is 20.4 Å². The second-order valence-corrected chi connectivity index (χ2v) is 5.86. The Morgan fingerprint density at radius 2 is 2.53 bits per heavy atom. The second-order valence-electron chi connectivity index (χ2n) is 5.86. The van der Waals surface area contributed by atoms with E-state index in [-0.39, 0.29) is 11.3 Å². The highest BCUT2D eigenvalue weighted by atomic mass is 16.2. The van der Waals surface area contributed by atoms with Crippen molar-refractivity contribution in [3.05, 3.63) is 18.0 Å². The molecule has 1 aromatic heterocycles. The van der Waals surface area contributed by atoms with E-state index in [1.165, 1.54) is 19.3 Å². The van der Waals surface area contributed by atoms with Gasteiger partial charge in [0, 0.05) is 19.8 Å². The zero-order chi connectivity index (χ0) is 13.3. The highest BCUT2D eigenvalue weighted by Gasteiger charge is 2.49. The van der Waals surface area contributed by atoms with Crippen molar-refractivity contribution in [3.63, 3.8) is 0 Å². The first-order valence-corrected chi connectivity index (χ1v) is 7.18. The van der Waals surface area contributed by atoms with Crippen molar-refractivity contribution in [2.24, 2.45) is 18.4 Å². The molecule has 5 heteroatoms. The molecule has 2 fully saturated rings. The zero-order valence-corrected chi connectivity index (χ0v) is 11.5. The number of aryl methyl sites for hydroxylation is 1. The van der Waals surface area contributed by atoms with Crippen LogP contribution >= 0.6 is 0 Å². The van der Waals surface area contributed by atoms with E-state index < -0.39 is 0 Å². The van der Waals surface area contributed by atoms with Crippen molar-refractivity contribution in [2.45, 2.75) is 32.2 Å². The molecule has 1 amide bonds. The van der Waals surface area contributed by atoms with Crippen LogP contribution in [0.25, 0.3) is 0 Å². The summed E-state index contributed by atoms with van der Waals surface area (Å²) in [7, 11) is 1.90. The summed E-state index contributed by atoms with van der Waals surface area (Å²) in [5.74, 6) is 0.746. The molecule has 1 aliphatic heterocycles. The Morgan fingerprint density at radius 1 is 1.63 bits per heavy atom. The highest BCUT2D eigenvalue weighted by molar-refractivity contribution is 5.83.